The molecule has 2 unspecified atom stereocenters. The predicted octanol–water partition coefficient (Wildman–Crippen LogP) is 16.4. The zero-order valence-corrected chi connectivity index (χ0v) is 52.1. The third kappa shape index (κ3) is 55.0. The molecule has 0 aromatic heterocycles. The highest BCUT2D eigenvalue weighted by Gasteiger charge is 2.30. The van der Waals surface area contributed by atoms with Crippen LogP contribution in [0.3, 0.4) is 0 Å². The van der Waals surface area contributed by atoms with E-state index in [1.54, 1.807) is 0 Å². The maximum Gasteiger partial charge on any atom is 0.472 e. The molecule has 0 radical (unpaired) electrons. The van der Waals surface area contributed by atoms with Gasteiger partial charge in [-0.05, 0) is 25.7 Å². The number of carbonyl (C=O) groups excluding carboxylic acids is 4. The summed E-state index contributed by atoms with van der Waals surface area (Å²) >= 11 is 0. The van der Waals surface area contributed by atoms with Gasteiger partial charge in [0.05, 0.1) is 26.4 Å². The number of phosphoric ester groups is 2. The van der Waals surface area contributed by atoms with Crippen LogP contribution in [0.5, 0.6) is 0 Å². The van der Waals surface area contributed by atoms with Gasteiger partial charge in [-0.25, -0.2) is 9.13 Å². The summed E-state index contributed by atoms with van der Waals surface area (Å²) in [6.07, 6.45) is 39.7. The van der Waals surface area contributed by atoms with Gasteiger partial charge in [0.25, 0.3) is 0 Å². The molecule has 0 aliphatic rings. The van der Waals surface area contributed by atoms with E-state index in [0.29, 0.717) is 25.7 Å². The highest BCUT2D eigenvalue weighted by molar-refractivity contribution is 7.47. The minimum absolute atomic E-state index is 0.0991. The molecule has 0 bridgehead atoms. The van der Waals surface area contributed by atoms with E-state index in [1.165, 1.54) is 128 Å². The van der Waals surface area contributed by atoms with Gasteiger partial charge in [0.15, 0.2) is 12.2 Å². The molecule has 468 valence electrons. The molecule has 3 N–H and O–H groups in total. The Morgan fingerprint density at radius 1 is 0.304 bits per heavy atom. The third-order valence-corrected chi connectivity index (χ3v) is 15.8. The Bertz CT molecular complexity index is 1540. The zero-order chi connectivity index (χ0) is 58.3. The van der Waals surface area contributed by atoms with Gasteiger partial charge >= 0.3 is 39.5 Å². The van der Waals surface area contributed by atoms with Crippen LogP contribution in [-0.2, 0) is 65.4 Å². The molecular formula is C60H116O17P2. The second kappa shape index (κ2) is 55.3. The SMILES string of the molecule is CCCCCCCCCCCCCCCCCCC(=O)O[C@H](COC(=O)CCCCCCCCCCCCCCC)COP(=O)(O)OC[C@@H](O)COP(=O)(O)OC[C@@H](COC(=O)CCCCCCC)OC(=O)CCCCCCC. The second-order valence-corrected chi connectivity index (χ2v) is 24.6. The first-order chi connectivity index (χ1) is 38.2. The summed E-state index contributed by atoms with van der Waals surface area (Å²) < 4.78 is 67.4. The van der Waals surface area contributed by atoms with Crippen molar-refractivity contribution in [3.63, 3.8) is 0 Å². The molecular weight excluding hydrogens is 1050 g/mol. The van der Waals surface area contributed by atoms with Gasteiger partial charge in [0.2, 0.25) is 0 Å². The van der Waals surface area contributed by atoms with Crippen LogP contribution in [-0.4, -0.2) is 96.7 Å². The van der Waals surface area contributed by atoms with Crippen LogP contribution in [0.25, 0.3) is 0 Å². The van der Waals surface area contributed by atoms with Crippen LogP contribution in [0.4, 0.5) is 0 Å². The lowest BCUT2D eigenvalue weighted by atomic mass is 10.0. The van der Waals surface area contributed by atoms with Gasteiger partial charge in [-0.3, -0.25) is 37.3 Å². The Labute approximate surface area is 479 Å². The molecule has 79 heavy (non-hydrogen) atoms. The van der Waals surface area contributed by atoms with Crippen molar-refractivity contribution in [1.82, 2.24) is 0 Å². The lowest BCUT2D eigenvalue weighted by molar-refractivity contribution is -0.161. The molecule has 0 aliphatic heterocycles. The zero-order valence-electron chi connectivity index (χ0n) is 50.3. The van der Waals surface area contributed by atoms with E-state index in [2.05, 4.69) is 27.7 Å². The molecule has 17 nitrogen and oxygen atoms in total. The van der Waals surface area contributed by atoms with Crippen molar-refractivity contribution in [2.24, 2.45) is 0 Å². The van der Waals surface area contributed by atoms with E-state index in [-0.39, 0.29) is 25.7 Å². The summed E-state index contributed by atoms with van der Waals surface area (Å²) in [6, 6.07) is 0. The smallest absolute Gasteiger partial charge is 0.462 e. The number of esters is 4. The third-order valence-electron chi connectivity index (χ3n) is 13.9. The average molecular weight is 1170 g/mol. The first-order valence-electron chi connectivity index (χ1n) is 31.8. The van der Waals surface area contributed by atoms with E-state index in [4.69, 9.17) is 37.0 Å². The van der Waals surface area contributed by atoms with E-state index in [0.717, 1.165) is 96.3 Å². The van der Waals surface area contributed by atoms with E-state index < -0.39 is 97.5 Å². The van der Waals surface area contributed by atoms with Crippen LogP contribution in [0, 0.1) is 0 Å². The van der Waals surface area contributed by atoms with Gasteiger partial charge in [0, 0.05) is 25.7 Å². The maximum absolute atomic E-state index is 12.9. The number of aliphatic hydroxyl groups is 1. The Balaban J connectivity index is 5.11. The molecule has 0 saturated carbocycles. The average Bonchev–Trinajstić information content (AvgIpc) is 3.42. The number of phosphoric acid groups is 2. The maximum atomic E-state index is 12.9. The van der Waals surface area contributed by atoms with Crippen molar-refractivity contribution in [3.05, 3.63) is 0 Å². The number of aliphatic hydroxyl groups excluding tert-OH is 1. The Morgan fingerprint density at radius 3 is 0.747 bits per heavy atom. The van der Waals surface area contributed by atoms with Crippen LogP contribution in [0.1, 0.15) is 304 Å². The number of ether oxygens (including phenoxy) is 4. The summed E-state index contributed by atoms with van der Waals surface area (Å²) in [4.78, 5) is 71.5. The van der Waals surface area contributed by atoms with Crippen molar-refractivity contribution in [2.75, 3.05) is 39.6 Å². The topological polar surface area (TPSA) is 237 Å². The Morgan fingerprint density at radius 2 is 0.506 bits per heavy atom. The fourth-order valence-corrected chi connectivity index (χ4v) is 10.5. The number of rotatable bonds is 61. The van der Waals surface area contributed by atoms with Gasteiger partial charge in [-0.2, -0.15) is 0 Å². The molecule has 0 aliphatic carbocycles. The molecule has 0 spiro atoms. The fourth-order valence-electron chi connectivity index (χ4n) is 8.93. The van der Waals surface area contributed by atoms with Gasteiger partial charge in [-0.15, -0.1) is 0 Å². The Kier molecular flexibility index (Phi) is 53.9. The minimum atomic E-state index is -4.94. The first-order valence-corrected chi connectivity index (χ1v) is 34.8. The first kappa shape index (κ1) is 77.1. The second-order valence-electron chi connectivity index (χ2n) is 21.7. The van der Waals surface area contributed by atoms with Crippen molar-refractivity contribution < 1.29 is 80.2 Å². The van der Waals surface area contributed by atoms with Crippen LogP contribution < -0.4 is 0 Å². The summed E-state index contributed by atoms with van der Waals surface area (Å²) in [5, 5.41) is 10.5. The highest BCUT2D eigenvalue weighted by atomic mass is 31.2. The lowest BCUT2D eigenvalue weighted by Gasteiger charge is -2.21. The summed E-state index contributed by atoms with van der Waals surface area (Å²) in [7, 11) is -9.86. The van der Waals surface area contributed by atoms with Crippen molar-refractivity contribution >= 4 is 39.5 Å². The lowest BCUT2D eigenvalue weighted by Crippen LogP contribution is -2.30. The summed E-state index contributed by atoms with van der Waals surface area (Å²) in [5.41, 5.74) is 0. The van der Waals surface area contributed by atoms with Crippen molar-refractivity contribution in [3.8, 4) is 0 Å². The molecule has 0 saturated heterocycles. The van der Waals surface area contributed by atoms with Gasteiger partial charge in [0.1, 0.15) is 19.3 Å². The van der Waals surface area contributed by atoms with Crippen molar-refractivity contribution in [1.29, 1.82) is 0 Å². The largest absolute Gasteiger partial charge is 0.472 e. The predicted molar refractivity (Wildman–Crippen MR) is 312 cm³/mol. The van der Waals surface area contributed by atoms with Crippen LogP contribution in [0.2, 0.25) is 0 Å². The molecule has 0 rings (SSSR count). The highest BCUT2D eigenvalue weighted by Crippen LogP contribution is 2.45. The van der Waals surface area contributed by atoms with Crippen LogP contribution >= 0.6 is 15.6 Å². The molecule has 0 amide bonds. The number of unbranched alkanes of at least 4 members (excludes halogenated alkanes) is 35. The van der Waals surface area contributed by atoms with Crippen molar-refractivity contribution in [2.45, 2.75) is 322 Å². The molecule has 19 heteroatoms. The van der Waals surface area contributed by atoms with E-state index in [1.807, 2.05) is 0 Å². The summed E-state index contributed by atoms with van der Waals surface area (Å²) in [5.74, 6) is -2.16. The number of hydrogen-bond acceptors (Lipinski definition) is 15. The molecule has 5 atom stereocenters. The van der Waals surface area contributed by atoms with E-state index in [9.17, 15) is 43.2 Å². The van der Waals surface area contributed by atoms with E-state index >= 15 is 0 Å². The van der Waals surface area contributed by atoms with Gasteiger partial charge in [-0.1, -0.05) is 252 Å². The summed E-state index contributed by atoms with van der Waals surface area (Å²) in [6.45, 7) is 4.69. The standard InChI is InChI=1S/C60H116O17P2/c1-5-9-13-17-19-21-23-25-26-27-29-31-33-35-39-43-47-60(65)77-56(51-71-58(63)45-41-38-34-32-30-28-24-22-20-18-14-10-6-2)53-75-79(68,69)73-49-54(61)48-72-78(66,67)74-52-55(76-59(64)46-42-37-16-12-8-4)50-70-57(62)44-40-36-15-11-7-3/h54-56,61H,5-53H2,1-4H3,(H,66,67)(H,68,69)/t54-,55+,56+/m0/s1. The molecule has 0 fully saturated rings. The number of carbonyl (C=O) groups is 4. The molecule has 0 aromatic carbocycles. The normalized spacial score (nSPS) is 14.3. The molecule has 0 aromatic rings. The van der Waals surface area contributed by atoms with Gasteiger partial charge < -0.3 is 33.8 Å². The quantitative estimate of drug-likeness (QED) is 0.0222. The minimum Gasteiger partial charge on any atom is -0.462 e. The Hall–Kier alpha value is -1.94. The monoisotopic (exact) mass is 1170 g/mol. The fraction of sp³-hybridized carbons (Fsp3) is 0.933. The van der Waals surface area contributed by atoms with Crippen LogP contribution in [0.15, 0.2) is 0 Å². The number of hydrogen-bond donors (Lipinski definition) is 3. The molecule has 0 heterocycles.